The topological polar surface area (TPSA) is 157 Å². The molecule has 5 unspecified atom stereocenters. The van der Waals surface area contributed by atoms with Gasteiger partial charge in [-0.1, -0.05) is 12.8 Å². The molecule has 0 aromatic rings. The fraction of sp³-hybridized carbons (Fsp3) is 0.857. The lowest BCUT2D eigenvalue weighted by Crippen LogP contribution is -2.40. The molecule has 5 atom stereocenters. The van der Waals surface area contributed by atoms with E-state index in [1.165, 1.54) is 0 Å². The summed E-state index contributed by atoms with van der Waals surface area (Å²) in [5.74, 6) is -5.60. The Morgan fingerprint density at radius 3 is 1.39 bits per heavy atom. The molecule has 0 aromatic heterocycles. The quantitative estimate of drug-likeness (QED) is 0.391. The normalized spacial score (nSPS) is 38.1. The number of aliphatic carboxylic acids is 2. The fourth-order valence-corrected chi connectivity index (χ4v) is 6.76. The van der Waals surface area contributed by atoms with Crippen LogP contribution in [0, 0.1) is 23.7 Å². The molecule has 0 bridgehead atoms. The molecule has 4 aliphatic rings. The Balaban J connectivity index is 1.14. The zero-order chi connectivity index (χ0) is 27.2. The van der Waals surface area contributed by atoms with Crippen molar-refractivity contribution in [3.05, 3.63) is 0 Å². The number of ether oxygens (including phenoxy) is 3. The molecule has 3 N–H and O–H groups in total. The summed E-state index contributed by atoms with van der Waals surface area (Å²) in [5.41, 5.74) is 0. The van der Waals surface area contributed by atoms with Gasteiger partial charge >= 0.3 is 23.9 Å². The molecule has 4 saturated carbocycles. The summed E-state index contributed by atoms with van der Waals surface area (Å²) >= 11 is 0. The lowest BCUT2D eigenvalue weighted by molar-refractivity contribution is -0.169. The molecule has 0 aromatic carbocycles. The number of esters is 2. The molecular formula is C28H42O10. The Bertz CT molecular complexity index is 843. The van der Waals surface area contributed by atoms with Crippen molar-refractivity contribution in [2.45, 2.75) is 127 Å². The molecular weight excluding hydrogens is 496 g/mol. The van der Waals surface area contributed by atoms with Crippen molar-refractivity contribution in [1.29, 1.82) is 0 Å². The Morgan fingerprint density at radius 1 is 0.500 bits per heavy atom. The maximum Gasteiger partial charge on any atom is 0.310 e. The molecule has 4 aliphatic carbocycles. The molecule has 0 heterocycles. The highest BCUT2D eigenvalue weighted by molar-refractivity contribution is 5.82. The molecule has 4 rings (SSSR count). The highest BCUT2D eigenvalue weighted by Gasteiger charge is 2.41. The van der Waals surface area contributed by atoms with Gasteiger partial charge in [0, 0.05) is 0 Å². The summed E-state index contributed by atoms with van der Waals surface area (Å²) in [5, 5.41) is 28.7. The maximum absolute atomic E-state index is 12.7. The fourth-order valence-electron chi connectivity index (χ4n) is 6.76. The van der Waals surface area contributed by atoms with E-state index in [4.69, 9.17) is 14.2 Å². The predicted molar refractivity (Wildman–Crippen MR) is 133 cm³/mol. The average molecular weight is 539 g/mol. The summed E-state index contributed by atoms with van der Waals surface area (Å²) in [7, 11) is 0. The van der Waals surface area contributed by atoms with Crippen molar-refractivity contribution in [2.75, 3.05) is 0 Å². The lowest BCUT2D eigenvalue weighted by atomic mass is 9.78. The summed E-state index contributed by atoms with van der Waals surface area (Å²) in [6.45, 7) is 0. The molecule has 0 saturated heterocycles. The van der Waals surface area contributed by atoms with Crippen LogP contribution in [0.4, 0.5) is 0 Å². The van der Waals surface area contributed by atoms with Gasteiger partial charge in [0.2, 0.25) is 0 Å². The Hall–Kier alpha value is -2.20. The monoisotopic (exact) mass is 538 g/mol. The standard InChI is InChI=1S/C28H42O10/c29-16-5-14-23(24(15-16)26(32)33)28(35)38-20-12-8-18(9-13-20)36-17-6-10-19(11-7-17)37-27(34)22-4-2-1-3-21(22)25(30)31/h16-24,29H,1-15H2,(H,30,31)(H,32,33). The second-order valence-electron chi connectivity index (χ2n) is 11.7. The van der Waals surface area contributed by atoms with Crippen molar-refractivity contribution >= 4 is 23.9 Å². The van der Waals surface area contributed by atoms with Crippen LogP contribution in [-0.2, 0) is 33.4 Å². The summed E-state index contributed by atoms with van der Waals surface area (Å²) in [4.78, 5) is 48.4. The molecule has 10 heteroatoms. The second-order valence-corrected chi connectivity index (χ2v) is 11.7. The number of carboxylic acids is 2. The zero-order valence-corrected chi connectivity index (χ0v) is 22.0. The second kappa shape index (κ2) is 13.2. The highest BCUT2D eigenvalue weighted by Crippen LogP contribution is 2.35. The van der Waals surface area contributed by atoms with Gasteiger partial charge in [0.25, 0.3) is 0 Å². The number of rotatable bonds is 8. The minimum absolute atomic E-state index is 0.0733. The summed E-state index contributed by atoms with van der Waals surface area (Å²) < 4.78 is 17.7. The van der Waals surface area contributed by atoms with Crippen LogP contribution >= 0.6 is 0 Å². The van der Waals surface area contributed by atoms with Gasteiger partial charge < -0.3 is 29.5 Å². The lowest BCUT2D eigenvalue weighted by Gasteiger charge is -2.36. The van der Waals surface area contributed by atoms with Crippen molar-refractivity contribution in [2.24, 2.45) is 23.7 Å². The Kier molecular flexibility index (Phi) is 10.0. The van der Waals surface area contributed by atoms with Crippen LogP contribution in [0.25, 0.3) is 0 Å². The van der Waals surface area contributed by atoms with Crippen LogP contribution in [0.3, 0.4) is 0 Å². The first-order chi connectivity index (χ1) is 18.2. The van der Waals surface area contributed by atoms with E-state index in [0.29, 0.717) is 51.4 Å². The average Bonchev–Trinajstić information content (AvgIpc) is 2.90. The maximum atomic E-state index is 12.7. The molecule has 10 nitrogen and oxygen atoms in total. The van der Waals surface area contributed by atoms with Gasteiger partial charge in [0.05, 0.1) is 42.0 Å². The van der Waals surface area contributed by atoms with E-state index in [9.17, 15) is 34.5 Å². The number of carboxylic acid groups (broad SMARTS) is 2. The third-order valence-electron chi connectivity index (χ3n) is 9.02. The van der Waals surface area contributed by atoms with Gasteiger partial charge in [-0.15, -0.1) is 0 Å². The number of hydrogen-bond donors (Lipinski definition) is 3. The van der Waals surface area contributed by atoms with Crippen LogP contribution in [0.5, 0.6) is 0 Å². The van der Waals surface area contributed by atoms with Crippen molar-refractivity contribution in [1.82, 2.24) is 0 Å². The Morgan fingerprint density at radius 2 is 0.921 bits per heavy atom. The largest absolute Gasteiger partial charge is 0.481 e. The molecule has 0 amide bonds. The van der Waals surface area contributed by atoms with Crippen molar-refractivity contribution in [3.8, 4) is 0 Å². The minimum atomic E-state index is -1.06. The molecule has 214 valence electrons. The van der Waals surface area contributed by atoms with Gasteiger partial charge in [-0.25, -0.2) is 0 Å². The van der Waals surface area contributed by atoms with Gasteiger partial charge in [-0.2, -0.15) is 0 Å². The molecule has 0 radical (unpaired) electrons. The van der Waals surface area contributed by atoms with E-state index in [-0.39, 0.29) is 36.8 Å². The summed E-state index contributed by atoms with van der Waals surface area (Å²) in [6, 6.07) is 0. The van der Waals surface area contributed by atoms with E-state index in [1.807, 2.05) is 0 Å². The number of aliphatic hydroxyl groups excluding tert-OH is 1. The third-order valence-corrected chi connectivity index (χ3v) is 9.02. The highest BCUT2D eigenvalue weighted by atomic mass is 16.6. The molecule has 38 heavy (non-hydrogen) atoms. The van der Waals surface area contributed by atoms with Crippen LogP contribution in [0.1, 0.15) is 96.3 Å². The number of carbonyl (C=O) groups is 4. The van der Waals surface area contributed by atoms with Crippen LogP contribution in [-0.4, -0.2) is 69.7 Å². The number of carbonyl (C=O) groups excluding carboxylic acids is 2. The van der Waals surface area contributed by atoms with E-state index in [2.05, 4.69) is 0 Å². The van der Waals surface area contributed by atoms with Crippen molar-refractivity contribution in [3.63, 3.8) is 0 Å². The third kappa shape index (κ3) is 7.46. The molecule has 0 spiro atoms. The van der Waals surface area contributed by atoms with Crippen molar-refractivity contribution < 1.29 is 48.7 Å². The SMILES string of the molecule is O=C(O)C1CCCCC1C(=O)OC1CCC(OC2CCC(OC(=O)C3CCC(O)CC3C(=O)O)CC2)CC1. The smallest absolute Gasteiger partial charge is 0.310 e. The van der Waals surface area contributed by atoms with E-state index < -0.39 is 47.7 Å². The van der Waals surface area contributed by atoms with Crippen LogP contribution in [0.2, 0.25) is 0 Å². The summed E-state index contributed by atoms with van der Waals surface area (Å²) in [6.07, 6.45) is 8.50. The first-order valence-electron chi connectivity index (χ1n) is 14.4. The van der Waals surface area contributed by atoms with Crippen LogP contribution < -0.4 is 0 Å². The van der Waals surface area contributed by atoms with E-state index >= 15 is 0 Å². The number of aliphatic hydroxyl groups is 1. The first-order valence-corrected chi connectivity index (χ1v) is 14.4. The zero-order valence-electron chi connectivity index (χ0n) is 22.0. The molecule has 0 aliphatic heterocycles. The van der Waals surface area contributed by atoms with Crippen LogP contribution in [0.15, 0.2) is 0 Å². The Labute approximate surface area is 223 Å². The number of hydrogen-bond acceptors (Lipinski definition) is 8. The predicted octanol–water partition coefficient (Wildman–Crippen LogP) is 3.46. The first kappa shape index (κ1) is 28.8. The van der Waals surface area contributed by atoms with E-state index in [1.54, 1.807) is 0 Å². The van der Waals surface area contributed by atoms with Gasteiger partial charge in [0.1, 0.15) is 12.2 Å². The van der Waals surface area contributed by atoms with Gasteiger partial charge in [-0.05, 0) is 83.5 Å². The van der Waals surface area contributed by atoms with Gasteiger partial charge in [-0.3, -0.25) is 19.2 Å². The van der Waals surface area contributed by atoms with E-state index in [0.717, 1.165) is 38.5 Å². The molecule has 4 fully saturated rings. The van der Waals surface area contributed by atoms with Gasteiger partial charge in [0.15, 0.2) is 0 Å². The minimum Gasteiger partial charge on any atom is -0.481 e.